The summed E-state index contributed by atoms with van der Waals surface area (Å²) >= 11 is 0. The minimum atomic E-state index is -8.03. The molecule has 0 spiro atoms. The van der Waals surface area contributed by atoms with E-state index in [0.29, 0.717) is 0 Å². The van der Waals surface area contributed by atoms with Gasteiger partial charge >= 0.3 is 48.2 Å². The van der Waals surface area contributed by atoms with E-state index in [1.165, 1.54) is 4.74 Å². The summed E-state index contributed by atoms with van der Waals surface area (Å²) in [5.41, 5.74) is -7.49. The summed E-state index contributed by atoms with van der Waals surface area (Å²) in [6, 6.07) is 0. The van der Waals surface area contributed by atoms with Gasteiger partial charge in [0.15, 0.2) is 8.32 Å². The fourth-order valence-corrected chi connectivity index (χ4v) is 3.18. The van der Waals surface area contributed by atoms with Crippen molar-refractivity contribution in [3.8, 4) is 0 Å². The summed E-state index contributed by atoms with van der Waals surface area (Å²) in [6.45, 7) is 0.787. The molecular formula is C11H9F17O2Si. The predicted octanol–water partition coefficient (Wildman–Crippen LogP) is 6.74. The monoisotopic (exact) mass is 524 g/mol. The van der Waals surface area contributed by atoms with Gasteiger partial charge in [-0.2, -0.15) is 74.6 Å². The lowest BCUT2D eigenvalue weighted by atomic mass is 9.91. The Labute approximate surface area is 161 Å². The summed E-state index contributed by atoms with van der Waals surface area (Å²) in [5, 5.41) is 0. The second-order valence-electron chi connectivity index (χ2n) is 6.68. The van der Waals surface area contributed by atoms with Crippen LogP contribution in [0.5, 0.6) is 0 Å². The van der Waals surface area contributed by atoms with Crippen molar-refractivity contribution in [2.45, 2.75) is 67.8 Å². The van der Waals surface area contributed by atoms with Gasteiger partial charge in [-0.15, -0.1) is 0 Å². The standard InChI is InChI=1S/C11H9F17O2Si/c1-31(2,3)30-4(7(15,16)17,8(18,19)20)6(14,10(24,25)26)29-11(27,28)5(12,13)9(21,22)23/h1-3H3. The first-order valence-corrected chi connectivity index (χ1v) is 10.4. The zero-order chi connectivity index (χ0) is 25.9. The Hall–Kier alpha value is -1.05. The van der Waals surface area contributed by atoms with Crippen LogP contribution in [0, 0.1) is 0 Å². The van der Waals surface area contributed by atoms with Crippen LogP contribution in [0.4, 0.5) is 74.6 Å². The Bertz CT molecular complexity index is 623. The van der Waals surface area contributed by atoms with Gasteiger partial charge in [-0.25, -0.2) is 0 Å². The molecule has 1 unspecified atom stereocenters. The van der Waals surface area contributed by atoms with Crippen LogP contribution < -0.4 is 0 Å². The van der Waals surface area contributed by atoms with Crippen molar-refractivity contribution >= 4 is 8.32 Å². The topological polar surface area (TPSA) is 18.5 Å². The lowest BCUT2D eigenvalue weighted by molar-refractivity contribution is -0.539. The molecule has 0 saturated heterocycles. The molecule has 0 saturated carbocycles. The molecule has 0 rings (SSSR count). The summed E-state index contributed by atoms with van der Waals surface area (Å²) in [6.07, 6.45) is -38.9. The maximum Gasteiger partial charge on any atom is 0.462 e. The van der Waals surface area contributed by atoms with Gasteiger partial charge in [-0.3, -0.25) is 4.74 Å². The van der Waals surface area contributed by atoms with Crippen molar-refractivity contribution in [2.75, 3.05) is 0 Å². The summed E-state index contributed by atoms with van der Waals surface area (Å²) < 4.78 is 226. The average molecular weight is 524 g/mol. The van der Waals surface area contributed by atoms with E-state index in [1.54, 1.807) is 0 Å². The summed E-state index contributed by atoms with van der Waals surface area (Å²) in [4.78, 5) is 0. The van der Waals surface area contributed by atoms with Gasteiger partial charge in [0.05, 0.1) is 0 Å². The highest BCUT2D eigenvalue weighted by Gasteiger charge is 2.93. The Kier molecular flexibility index (Phi) is 7.23. The Balaban J connectivity index is 7.44. The van der Waals surface area contributed by atoms with E-state index in [0.717, 1.165) is 0 Å². The van der Waals surface area contributed by atoms with Crippen LogP contribution in [-0.4, -0.2) is 56.5 Å². The normalized spacial score (nSPS) is 18.2. The predicted molar refractivity (Wildman–Crippen MR) is 66.2 cm³/mol. The lowest BCUT2D eigenvalue weighted by Crippen LogP contribution is -2.79. The molecule has 0 amide bonds. The minimum absolute atomic E-state index is 0.262. The Morgan fingerprint density at radius 2 is 0.806 bits per heavy atom. The highest BCUT2D eigenvalue weighted by Crippen LogP contribution is 2.62. The molecule has 188 valence electrons. The fraction of sp³-hybridized carbons (Fsp3) is 1.00. The molecule has 31 heavy (non-hydrogen) atoms. The van der Waals surface area contributed by atoms with Crippen molar-refractivity contribution in [3.63, 3.8) is 0 Å². The van der Waals surface area contributed by atoms with E-state index in [1.807, 2.05) is 0 Å². The third-order valence-electron chi connectivity index (χ3n) is 3.07. The fourth-order valence-electron chi connectivity index (χ4n) is 1.90. The molecule has 0 bridgehead atoms. The van der Waals surface area contributed by atoms with Crippen molar-refractivity contribution < 1.29 is 83.8 Å². The SMILES string of the molecule is C[Si](C)(C)OC(C(F)(F)F)(C(F)(F)F)C(F)(OC(F)(F)C(F)(F)C(F)(F)F)C(F)(F)F. The number of halogens is 17. The number of hydrogen-bond acceptors (Lipinski definition) is 2. The Morgan fingerprint density at radius 3 is 1.00 bits per heavy atom. The molecule has 0 aromatic rings. The smallest absolute Gasteiger partial charge is 0.393 e. The molecule has 0 aliphatic heterocycles. The van der Waals surface area contributed by atoms with Gasteiger partial charge in [0, 0.05) is 0 Å². The number of ether oxygens (including phenoxy) is 1. The van der Waals surface area contributed by atoms with Crippen LogP contribution in [0.25, 0.3) is 0 Å². The van der Waals surface area contributed by atoms with Gasteiger partial charge in [0.2, 0.25) is 0 Å². The molecule has 1 atom stereocenters. The second kappa shape index (κ2) is 7.49. The quantitative estimate of drug-likeness (QED) is 0.283. The van der Waals surface area contributed by atoms with Gasteiger partial charge in [-0.1, -0.05) is 0 Å². The number of rotatable bonds is 6. The van der Waals surface area contributed by atoms with E-state index < -0.39 is 56.5 Å². The maximum absolute atomic E-state index is 14.5. The molecule has 0 aliphatic rings. The van der Waals surface area contributed by atoms with Crippen molar-refractivity contribution in [2.24, 2.45) is 0 Å². The molecule has 0 aromatic carbocycles. The van der Waals surface area contributed by atoms with Crippen LogP contribution in [0.15, 0.2) is 0 Å². The van der Waals surface area contributed by atoms with Crippen LogP contribution in [-0.2, 0) is 9.16 Å². The van der Waals surface area contributed by atoms with Crippen molar-refractivity contribution in [3.05, 3.63) is 0 Å². The molecule has 0 N–H and O–H groups in total. The maximum atomic E-state index is 14.5. The molecule has 0 aromatic heterocycles. The van der Waals surface area contributed by atoms with Crippen LogP contribution in [0.3, 0.4) is 0 Å². The Morgan fingerprint density at radius 1 is 0.484 bits per heavy atom. The molecule has 0 heterocycles. The van der Waals surface area contributed by atoms with E-state index in [9.17, 15) is 74.6 Å². The zero-order valence-corrected chi connectivity index (χ0v) is 15.7. The lowest BCUT2D eigenvalue weighted by Gasteiger charge is -2.49. The first kappa shape index (κ1) is 29.9. The van der Waals surface area contributed by atoms with E-state index in [-0.39, 0.29) is 19.6 Å². The second-order valence-corrected chi connectivity index (χ2v) is 11.1. The average Bonchev–Trinajstić information content (AvgIpc) is 2.37. The molecular weight excluding hydrogens is 515 g/mol. The zero-order valence-electron chi connectivity index (χ0n) is 14.7. The van der Waals surface area contributed by atoms with Gasteiger partial charge < -0.3 is 4.43 Å². The van der Waals surface area contributed by atoms with Crippen LogP contribution >= 0.6 is 0 Å². The summed E-state index contributed by atoms with van der Waals surface area (Å²) in [7, 11) is -4.77. The first-order chi connectivity index (χ1) is 12.9. The number of hydrogen-bond donors (Lipinski definition) is 0. The van der Waals surface area contributed by atoms with E-state index in [2.05, 4.69) is 4.43 Å². The molecule has 20 heteroatoms. The van der Waals surface area contributed by atoms with Gasteiger partial charge in [-0.05, 0) is 19.6 Å². The molecule has 0 radical (unpaired) electrons. The van der Waals surface area contributed by atoms with Crippen molar-refractivity contribution in [1.29, 1.82) is 0 Å². The van der Waals surface area contributed by atoms with Crippen LogP contribution in [0.2, 0.25) is 19.6 Å². The molecule has 0 fully saturated rings. The highest BCUT2D eigenvalue weighted by atomic mass is 28.4. The minimum Gasteiger partial charge on any atom is -0.393 e. The van der Waals surface area contributed by atoms with Gasteiger partial charge in [0.25, 0.3) is 0 Å². The van der Waals surface area contributed by atoms with Crippen molar-refractivity contribution in [1.82, 2.24) is 0 Å². The third kappa shape index (κ3) is 4.98. The van der Waals surface area contributed by atoms with E-state index in [4.69, 9.17) is 0 Å². The van der Waals surface area contributed by atoms with E-state index >= 15 is 0 Å². The largest absolute Gasteiger partial charge is 0.462 e. The molecule has 2 nitrogen and oxygen atoms in total. The third-order valence-corrected chi connectivity index (χ3v) is 3.98. The number of alkyl halides is 17. The highest BCUT2D eigenvalue weighted by molar-refractivity contribution is 6.69. The molecule has 0 aliphatic carbocycles. The van der Waals surface area contributed by atoms with Gasteiger partial charge in [0.1, 0.15) is 0 Å². The summed E-state index contributed by atoms with van der Waals surface area (Å²) in [5.74, 6) is -15.9. The van der Waals surface area contributed by atoms with Crippen LogP contribution in [0.1, 0.15) is 0 Å². The first-order valence-electron chi connectivity index (χ1n) is 7.03.